The Morgan fingerprint density at radius 3 is 2.61 bits per heavy atom. The average molecular weight is 501 g/mol. The first-order valence-corrected chi connectivity index (χ1v) is 12.4. The Labute approximate surface area is 212 Å². The Hall–Kier alpha value is -3.33. The van der Waals surface area contributed by atoms with Crippen LogP contribution in [-0.4, -0.2) is 60.0 Å². The quantitative estimate of drug-likeness (QED) is 0.525. The SMILES string of the molecule is COc1ccnc(C(=O)N[C@H]2CCCC[C@H](Oc3ccccc3)[C@@H](OCC(C)C)[C@H](C)OC2=O)c1O. The maximum atomic E-state index is 13.1. The van der Waals surface area contributed by atoms with Crippen LogP contribution in [0.4, 0.5) is 0 Å². The fraction of sp³-hybridized carbons (Fsp3) is 0.519. The van der Waals surface area contributed by atoms with E-state index in [1.54, 1.807) is 6.92 Å². The molecule has 1 aromatic carbocycles. The summed E-state index contributed by atoms with van der Waals surface area (Å²) in [6.07, 6.45) is 2.41. The van der Waals surface area contributed by atoms with E-state index in [0.717, 1.165) is 12.2 Å². The van der Waals surface area contributed by atoms with Crippen molar-refractivity contribution in [3.63, 3.8) is 0 Å². The number of benzene rings is 1. The van der Waals surface area contributed by atoms with Crippen LogP contribution in [0.1, 0.15) is 56.9 Å². The van der Waals surface area contributed by atoms with Crippen LogP contribution >= 0.6 is 0 Å². The highest BCUT2D eigenvalue weighted by Gasteiger charge is 2.35. The Bertz CT molecular complexity index is 999. The van der Waals surface area contributed by atoms with Gasteiger partial charge in [-0.2, -0.15) is 0 Å². The number of hydrogen-bond donors (Lipinski definition) is 2. The molecule has 0 saturated carbocycles. The van der Waals surface area contributed by atoms with Crippen LogP contribution in [0, 0.1) is 5.92 Å². The smallest absolute Gasteiger partial charge is 0.329 e. The molecule has 1 fully saturated rings. The van der Waals surface area contributed by atoms with Crippen LogP contribution in [0.5, 0.6) is 17.2 Å². The predicted octanol–water partition coefficient (Wildman–Crippen LogP) is 3.89. The highest BCUT2D eigenvalue weighted by atomic mass is 16.6. The standard InChI is InChI=1S/C27H36N2O7/c1-17(2)16-34-25-18(3)35-27(32)20(29-26(31)23-24(30)21(33-4)14-15-28-23)12-8-9-13-22(25)36-19-10-6-5-7-11-19/h5-7,10-11,14-15,17-18,20,22,25,30H,8-9,12-13,16H2,1-4H3,(H,29,31)/t18-,20-,22-,25-/m0/s1. The number of methoxy groups -OCH3 is 1. The average Bonchev–Trinajstić information content (AvgIpc) is 2.85. The number of aromatic hydroxyl groups is 1. The lowest BCUT2D eigenvalue weighted by atomic mass is 9.98. The van der Waals surface area contributed by atoms with Crippen molar-refractivity contribution in [1.82, 2.24) is 10.3 Å². The van der Waals surface area contributed by atoms with E-state index in [9.17, 15) is 14.7 Å². The molecule has 0 bridgehead atoms. The second-order valence-corrected chi connectivity index (χ2v) is 9.32. The number of nitrogens with one attached hydrogen (secondary N) is 1. The highest BCUT2D eigenvalue weighted by Crippen LogP contribution is 2.28. The van der Waals surface area contributed by atoms with Gasteiger partial charge in [-0.25, -0.2) is 9.78 Å². The fourth-order valence-corrected chi connectivity index (χ4v) is 4.08. The number of hydrogen-bond acceptors (Lipinski definition) is 8. The van der Waals surface area contributed by atoms with Gasteiger partial charge >= 0.3 is 5.97 Å². The molecule has 0 aliphatic carbocycles. The van der Waals surface area contributed by atoms with Gasteiger partial charge in [-0.3, -0.25) is 4.79 Å². The molecular weight excluding hydrogens is 464 g/mol. The van der Waals surface area contributed by atoms with E-state index in [1.807, 2.05) is 30.3 Å². The zero-order valence-electron chi connectivity index (χ0n) is 21.3. The molecule has 2 N–H and O–H groups in total. The minimum Gasteiger partial charge on any atom is -0.503 e. The molecule has 2 heterocycles. The summed E-state index contributed by atoms with van der Waals surface area (Å²) < 4.78 is 23.3. The van der Waals surface area contributed by atoms with E-state index in [2.05, 4.69) is 24.1 Å². The van der Waals surface area contributed by atoms with Gasteiger partial charge in [-0.05, 0) is 44.2 Å². The van der Waals surface area contributed by atoms with Crippen LogP contribution in [0.25, 0.3) is 0 Å². The fourth-order valence-electron chi connectivity index (χ4n) is 4.08. The zero-order chi connectivity index (χ0) is 26.1. The van der Waals surface area contributed by atoms with Gasteiger partial charge in [0.05, 0.1) is 7.11 Å². The summed E-state index contributed by atoms with van der Waals surface area (Å²) >= 11 is 0. The Balaban J connectivity index is 1.76. The number of carbonyl (C=O) groups excluding carboxylic acids is 2. The number of aromatic nitrogens is 1. The van der Waals surface area contributed by atoms with E-state index in [1.165, 1.54) is 19.4 Å². The van der Waals surface area contributed by atoms with Gasteiger partial charge in [0.25, 0.3) is 5.91 Å². The Morgan fingerprint density at radius 1 is 1.19 bits per heavy atom. The molecule has 1 aliphatic heterocycles. The number of para-hydroxylation sites is 1. The van der Waals surface area contributed by atoms with Gasteiger partial charge in [0.1, 0.15) is 30.1 Å². The summed E-state index contributed by atoms with van der Waals surface area (Å²) in [7, 11) is 1.38. The number of pyridine rings is 1. The molecular formula is C27H36N2O7. The minimum atomic E-state index is -0.898. The lowest BCUT2D eigenvalue weighted by molar-refractivity contribution is -0.166. The van der Waals surface area contributed by atoms with Crippen molar-refractivity contribution in [3.8, 4) is 17.2 Å². The lowest BCUT2D eigenvalue weighted by Crippen LogP contribution is -2.49. The number of carbonyl (C=O) groups is 2. The number of rotatable bonds is 8. The molecule has 0 unspecified atom stereocenters. The second kappa shape index (κ2) is 13.1. The molecule has 3 rings (SSSR count). The van der Waals surface area contributed by atoms with Crippen molar-refractivity contribution in [2.24, 2.45) is 5.92 Å². The van der Waals surface area contributed by atoms with Crippen LogP contribution in [-0.2, 0) is 14.3 Å². The molecule has 2 aromatic rings. The first kappa shape index (κ1) is 27.3. The molecule has 9 heteroatoms. The molecule has 1 saturated heterocycles. The van der Waals surface area contributed by atoms with Crippen molar-refractivity contribution in [2.75, 3.05) is 13.7 Å². The summed E-state index contributed by atoms with van der Waals surface area (Å²) in [6, 6.07) is 10.1. The monoisotopic (exact) mass is 500 g/mol. The van der Waals surface area contributed by atoms with Crippen LogP contribution in [0.2, 0.25) is 0 Å². The number of cyclic esters (lactones) is 1. The third-order valence-electron chi connectivity index (χ3n) is 5.93. The predicted molar refractivity (Wildman–Crippen MR) is 133 cm³/mol. The topological polar surface area (TPSA) is 116 Å². The van der Waals surface area contributed by atoms with Crippen LogP contribution in [0.3, 0.4) is 0 Å². The first-order valence-electron chi connectivity index (χ1n) is 12.4. The molecule has 196 valence electrons. The van der Waals surface area contributed by atoms with Crippen LogP contribution < -0.4 is 14.8 Å². The van der Waals surface area contributed by atoms with Crippen molar-refractivity contribution in [2.45, 2.75) is 70.8 Å². The van der Waals surface area contributed by atoms with E-state index >= 15 is 0 Å². The first-order chi connectivity index (χ1) is 17.3. The molecule has 4 atom stereocenters. The van der Waals surface area contributed by atoms with E-state index in [0.29, 0.717) is 25.9 Å². The van der Waals surface area contributed by atoms with E-state index in [4.69, 9.17) is 18.9 Å². The van der Waals surface area contributed by atoms with Gasteiger partial charge in [0.15, 0.2) is 17.2 Å². The van der Waals surface area contributed by atoms with E-state index in [-0.39, 0.29) is 29.2 Å². The number of ether oxygens (including phenoxy) is 4. The summed E-state index contributed by atoms with van der Waals surface area (Å²) in [5.41, 5.74) is -0.221. The van der Waals surface area contributed by atoms with Gasteiger partial charge in [-0.1, -0.05) is 38.5 Å². The second-order valence-electron chi connectivity index (χ2n) is 9.32. The third kappa shape index (κ3) is 7.34. The summed E-state index contributed by atoms with van der Waals surface area (Å²) in [5.74, 6) is -0.510. The molecule has 1 aromatic heterocycles. The highest BCUT2D eigenvalue weighted by molar-refractivity contribution is 5.97. The van der Waals surface area contributed by atoms with Crippen molar-refractivity contribution < 1.29 is 33.6 Å². The summed E-state index contributed by atoms with van der Waals surface area (Å²) in [5, 5.41) is 12.9. The Kier molecular flexibility index (Phi) is 9.93. The minimum absolute atomic E-state index is 0.118. The normalized spacial score (nSPS) is 23.0. The maximum Gasteiger partial charge on any atom is 0.329 e. The maximum absolute atomic E-state index is 13.1. The van der Waals surface area contributed by atoms with E-state index < -0.39 is 30.1 Å². The summed E-state index contributed by atoms with van der Waals surface area (Å²) in [6.45, 7) is 6.37. The molecule has 0 spiro atoms. The molecule has 1 amide bonds. The van der Waals surface area contributed by atoms with Crippen molar-refractivity contribution in [3.05, 3.63) is 48.3 Å². The van der Waals surface area contributed by atoms with Gasteiger partial charge in [-0.15, -0.1) is 0 Å². The Morgan fingerprint density at radius 2 is 1.92 bits per heavy atom. The van der Waals surface area contributed by atoms with Crippen LogP contribution in [0.15, 0.2) is 42.6 Å². The van der Waals surface area contributed by atoms with Crippen molar-refractivity contribution >= 4 is 11.9 Å². The number of esters is 1. The van der Waals surface area contributed by atoms with Crippen molar-refractivity contribution in [1.29, 1.82) is 0 Å². The zero-order valence-corrected chi connectivity index (χ0v) is 21.3. The van der Waals surface area contributed by atoms with Gasteiger partial charge < -0.3 is 29.4 Å². The summed E-state index contributed by atoms with van der Waals surface area (Å²) in [4.78, 5) is 29.9. The molecule has 36 heavy (non-hydrogen) atoms. The number of nitrogens with zero attached hydrogens (tertiary/aromatic N) is 1. The molecule has 9 nitrogen and oxygen atoms in total. The molecule has 0 radical (unpaired) electrons. The third-order valence-corrected chi connectivity index (χ3v) is 5.93. The molecule has 1 aliphatic rings. The lowest BCUT2D eigenvalue weighted by Gasteiger charge is -2.34. The van der Waals surface area contributed by atoms with Gasteiger partial charge in [0.2, 0.25) is 0 Å². The number of amides is 1. The van der Waals surface area contributed by atoms with Gasteiger partial charge in [0, 0.05) is 18.9 Å². The largest absolute Gasteiger partial charge is 0.503 e.